The first kappa shape index (κ1) is 12.6. The van der Waals surface area contributed by atoms with Crippen LogP contribution in [-0.4, -0.2) is 22.0 Å². The summed E-state index contributed by atoms with van der Waals surface area (Å²) >= 11 is 0. The second-order valence-corrected chi connectivity index (χ2v) is 6.29. The molecule has 0 saturated heterocycles. The molecule has 1 heterocycles. The molecule has 0 aromatic carbocycles. The van der Waals surface area contributed by atoms with E-state index in [1.165, 1.54) is 0 Å². The monoisotopic (exact) mass is 259 g/mol. The van der Waals surface area contributed by atoms with Gasteiger partial charge in [-0.25, -0.2) is 4.98 Å². The number of nitrogens with zero attached hydrogens (tertiary/aromatic N) is 1. The number of nitrogens with two attached hydrogens (primary N) is 1. The molecule has 19 heavy (non-hydrogen) atoms. The topological polar surface area (TPSA) is 68.0 Å². The van der Waals surface area contributed by atoms with Crippen LogP contribution >= 0.6 is 0 Å². The molecule has 1 unspecified atom stereocenters. The van der Waals surface area contributed by atoms with Crippen molar-refractivity contribution in [2.24, 2.45) is 5.73 Å². The Labute approximate surface area is 113 Å². The van der Waals surface area contributed by atoms with Crippen molar-refractivity contribution in [1.82, 2.24) is 10.3 Å². The van der Waals surface area contributed by atoms with Crippen molar-refractivity contribution < 1.29 is 4.79 Å². The van der Waals surface area contributed by atoms with Gasteiger partial charge in [0.15, 0.2) is 0 Å². The van der Waals surface area contributed by atoms with Crippen molar-refractivity contribution in [3.05, 3.63) is 29.6 Å². The lowest BCUT2D eigenvalue weighted by Gasteiger charge is -2.38. The van der Waals surface area contributed by atoms with E-state index in [1.54, 1.807) is 6.07 Å². The maximum atomic E-state index is 12.3. The van der Waals surface area contributed by atoms with Gasteiger partial charge in [0.25, 0.3) is 5.91 Å². The summed E-state index contributed by atoms with van der Waals surface area (Å²) in [6, 6.07) is 5.54. The zero-order valence-electron chi connectivity index (χ0n) is 11.4. The molecular formula is C15H21N3O. The number of aryl methyl sites for hydroxylation is 1. The molecule has 2 fully saturated rings. The number of carbonyl (C=O) groups excluding carboxylic acids is 1. The number of aromatic nitrogens is 1. The molecule has 2 saturated carbocycles. The number of hydrogen-bond acceptors (Lipinski definition) is 3. The third-order valence-corrected chi connectivity index (χ3v) is 4.62. The Hall–Kier alpha value is -1.42. The van der Waals surface area contributed by atoms with Crippen LogP contribution in [0.15, 0.2) is 18.2 Å². The predicted octanol–water partition coefficient (Wildman–Crippen LogP) is 1.92. The van der Waals surface area contributed by atoms with E-state index < -0.39 is 0 Å². The van der Waals surface area contributed by atoms with E-state index >= 15 is 0 Å². The van der Waals surface area contributed by atoms with E-state index in [-0.39, 0.29) is 17.0 Å². The van der Waals surface area contributed by atoms with Crippen LogP contribution in [0.1, 0.15) is 54.7 Å². The van der Waals surface area contributed by atoms with Crippen LogP contribution in [-0.2, 0) is 0 Å². The summed E-state index contributed by atoms with van der Waals surface area (Å²) < 4.78 is 0. The normalized spacial score (nSPS) is 33.2. The van der Waals surface area contributed by atoms with E-state index in [2.05, 4.69) is 10.3 Å². The number of nitrogens with one attached hydrogen (secondary N) is 1. The van der Waals surface area contributed by atoms with Gasteiger partial charge in [-0.1, -0.05) is 6.07 Å². The molecule has 0 spiro atoms. The fraction of sp³-hybridized carbons (Fsp3) is 0.600. The van der Waals surface area contributed by atoms with Crippen LogP contribution < -0.4 is 11.1 Å². The summed E-state index contributed by atoms with van der Waals surface area (Å²) in [6.07, 6.45) is 6.18. The van der Waals surface area contributed by atoms with E-state index in [0.717, 1.165) is 44.2 Å². The van der Waals surface area contributed by atoms with Crippen molar-refractivity contribution >= 4 is 5.91 Å². The molecule has 3 rings (SSSR count). The molecule has 3 N–H and O–H groups in total. The zero-order chi connectivity index (χ0) is 13.5. The molecule has 4 nitrogen and oxygen atoms in total. The molecule has 2 aliphatic rings. The number of fused-ring (bicyclic) bond motifs is 2. The first-order chi connectivity index (χ1) is 9.00. The SMILES string of the molecule is Cc1cccc(C(=O)NC23CCC[C@](N)(CC2)C3)n1. The summed E-state index contributed by atoms with van der Waals surface area (Å²) in [6.45, 7) is 1.90. The van der Waals surface area contributed by atoms with Gasteiger partial charge in [0.05, 0.1) is 0 Å². The van der Waals surface area contributed by atoms with Gasteiger partial charge in [0.1, 0.15) is 5.69 Å². The molecule has 1 amide bonds. The largest absolute Gasteiger partial charge is 0.345 e. The summed E-state index contributed by atoms with van der Waals surface area (Å²) in [5, 5.41) is 3.21. The Morgan fingerprint density at radius 2 is 2.16 bits per heavy atom. The maximum Gasteiger partial charge on any atom is 0.270 e. The summed E-state index contributed by atoms with van der Waals surface area (Å²) in [7, 11) is 0. The smallest absolute Gasteiger partial charge is 0.270 e. The van der Waals surface area contributed by atoms with E-state index in [4.69, 9.17) is 5.73 Å². The number of hydrogen-bond donors (Lipinski definition) is 2. The number of rotatable bonds is 2. The van der Waals surface area contributed by atoms with Crippen molar-refractivity contribution in [2.75, 3.05) is 0 Å². The van der Waals surface area contributed by atoms with Gasteiger partial charge in [-0.3, -0.25) is 4.79 Å². The fourth-order valence-electron chi connectivity index (χ4n) is 3.69. The highest BCUT2D eigenvalue weighted by atomic mass is 16.2. The van der Waals surface area contributed by atoms with Crippen LogP contribution in [0.5, 0.6) is 0 Å². The zero-order valence-corrected chi connectivity index (χ0v) is 11.4. The lowest BCUT2D eigenvalue weighted by atomic mass is 9.79. The van der Waals surface area contributed by atoms with Gasteiger partial charge in [-0.05, 0) is 57.6 Å². The van der Waals surface area contributed by atoms with Crippen LogP contribution in [0.4, 0.5) is 0 Å². The molecule has 1 aromatic heterocycles. The number of pyridine rings is 1. The summed E-state index contributed by atoms with van der Waals surface area (Å²) in [4.78, 5) is 16.6. The highest BCUT2D eigenvalue weighted by Gasteiger charge is 2.49. The van der Waals surface area contributed by atoms with Crippen LogP contribution in [0.3, 0.4) is 0 Å². The minimum absolute atomic E-state index is 0.0500. The maximum absolute atomic E-state index is 12.3. The van der Waals surface area contributed by atoms with E-state index in [9.17, 15) is 4.79 Å². The Bertz CT molecular complexity index is 516. The lowest BCUT2D eigenvalue weighted by Crippen LogP contribution is -2.52. The van der Waals surface area contributed by atoms with Gasteiger partial charge < -0.3 is 11.1 Å². The van der Waals surface area contributed by atoms with Gasteiger partial charge >= 0.3 is 0 Å². The molecule has 102 valence electrons. The lowest BCUT2D eigenvalue weighted by molar-refractivity contribution is 0.0871. The Kier molecular flexibility index (Phi) is 2.86. The third-order valence-electron chi connectivity index (χ3n) is 4.62. The Morgan fingerprint density at radius 1 is 1.32 bits per heavy atom. The third kappa shape index (κ3) is 2.37. The second kappa shape index (κ2) is 4.30. The minimum Gasteiger partial charge on any atom is -0.345 e. The Balaban J connectivity index is 1.77. The molecule has 1 aromatic rings. The predicted molar refractivity (Wildman–Crippen MR) is 73.8 cm³/mol. The first-order valence-electron chi connectivity index (χ1n) is 7.06. The van der Waals surface area contributed by atoms with Crippen molar-refractivity contribution in [1.29, 1.82) is 0 Å². The summed E-state index contributed by atoms with van der Waals surface area (Å²) in [5.41, 5.74) is 7.60. The van der Waals surface area contributed by atoms with Crippen molar-refractivity contribution in [2.45, 2.75) is 56.5 Å². The highest BCUT2D eigenvalue weighted by Crippen LogP contribution is 2.46. The van der Waals surface area contributed by atoms with Gasteiger partial charge in [-0.2, -0.15) is 0 Å². The number of amides is 1. The van der Waals surface area contributed by atoms with E-state index in [0.29, 0.717) is 5.69 Å². The molecule has 4 heteroatoms. The standard InChI is InChI=1S/C15H21N3O/c1-11-4-2-5-12(17-11)13(19)18-15-7-3-6-14(16,10-15)8-9-15/h2,4-5H,3,6-10,16H2,1H3,(H,18,19)/t14-,15?/m0/s1. The molecule has 2 bridgehead atoms. The fourth-order valence-corrected chi connectivity index (χ4v) is 3.69. The average molecular weight is 259 g/mol. The van der Waals surface area contributed by atoms with Crippen molar-refractivity contribution in [3.63, 3.8) is 0 Å². The van der Waals surface area contributed by atoms with Crippen LogP contribution in [0, 0.1) is 6.92 Å². The van der Waals surface area contributed by atoms with E-state index in [1.807, 2.05) is 19.1 Å². The molecule has 2 atom stereocenters. The van der Waals surface area contributed by atoms with Gasteiger partial charge in [-0.15, -0.1) is 0 Å². The minimum atomic E-state index is -0.0878. The van der Waals surface area contributed by atoms with Crippen molar-refractivity contribution in [3.8, 4) is 0 Å². The molecule has 0 aliphatic heterocycles. The Morgan fingerprint density at radius 3 is 2.95 bits per heavy atom. The highest BCUT2D eigenvalue weighted by molar-refractivity contribution is 5.92. The molecule has 2 aliphatic carbocycles. The number of carbonyl (C=O) groups is 1. The van der Waals surface area contributed by atoms with Gasteiger partial charge in [0, 0.05) is 16.8 Å². The quantitative estimate of drug-likeness (QED) is 0.852. The molecular weight excluding hydrogens is 238 g/mol. The second-order valence-electron chi connectivity index (χ2n) is 6.29. The molecule has 0 radical (unpaired) electrons. The van der Waals surface area contributed by atoms with Crippen LogP contribution in [0.25, 0.3) is 0 Å². The first-order valence-corrected chi connectivity index (χ1v) is 7.06. The van der Waals surface area contributed by atoms with Gasteiger partial charge in [0.2, 0.25) is 0 Å². The average Bonchev–Trinajstić information content (AvgIpc) is 2.59. The summed E-state index contributed by atoms with van der Waals surface area (Å²) in [5.74, 6) is -0.0603. The van der Waals surface area contributed by atoms with Crippen LogP contribution in [0.2, 0.25) is 0 Å².